The van der Waals surface area contributed by atoms with Crippen molar-refractivity contribution >= 4 is 24.6 Å². The molecule has 1 aromatic heterocycles. The summed E-state index contributed by atoms with van der Waals surface area (Å²) in [6, 6.07) is 9.94. The summed E-state index contributed by atoms with van der Waals surface area (Å²) < 4.78 is 23.8. The molecule has 4 aliphatic rings. The Bertz CT molecular complexity index is 1730. The topological polar surface area (TPSA) is 115 Å². The third-order valence-electron chi connectivity index (χ3n) is 10.9. The minimum atomic E-state index is -0.685. The van der Waals surface area contributed by atoms with E-state index < -0.39 is 30.5 Å². The van der Waals surface area contributed by atoms with Crippen LogP contribution in [0.25, 0.3) is 22.4 Å². The van der Waals surface area contributed by atoms with Crippen LogP contribution in [0.2, 0.25) is 0 Å². The predicted molar refractivity (Wildman–Crippen MR) is 179 cm³/mol. The monoisotopic (exact) mass is 640 g/mol. The van der Waals surface area contributed by atoms with E-state index in [1.54, 1.807) is 0 Å². The Morgan fingerprint density at radius 1 is 1.02 bits per heavy atom. The van der Waals surface area contributed by atoms with Crippen LogP contribution in [0.15, 0.2) is 30.3 Å². The summed E-state index contributed by atoms with van der Waals surface area (Å²) in [5.74, 6) is 1.42. The normalized spacial score (nSPS) is 22.6. The lowest BCUT2D eigenvalue weighted by molar-refractivity contribution is -0.137. The fourth-order valence-corrected chi connectivity index (χ4v) is 7.39. The Morgan fingerprint density at radius 3 is 2.47 bits per heavy atom. The highest BCUT2D eigenvalue weighted by Gasteiger charge is 2.52. The van der Waals surface area contributed by atoms with Gasteiger partial charge in [0, 0.05) is 22.9 Å². The smallest absolute Gasteiger partial charge is 0.488 e. The summed E-state index contributed by atoms with van der Waals surface area (Å²) >= 11 is 0. The van der Waals surface area contributed by atoms with Gasteiger partial charge in [0.15, 0.2) is 0 Å². The molecule has 1 unspecified atom stereocenters. The summed E-state index contributed by atoms with van der Waals surface area (Å²) in [6.07, 6.45) is 2.76. The molecule has 2 saturated heterocycles. The van der Waals surface area contributed by atoms with Crippen molar-refractivity contribution in [3.05, 3.63) is 53.0 Å². The zero-order valence-corrected chi connectivity index (χ0v) is 28.7. The SMILES string of the molecule is COC(=O)NC(C(=O)N1[C@@H](C)CC[C@H]1c1nc2c([nH]1)CCc1cc3c(cc1-2)OCc1cc(B2OC(C)(C)C(C)(C)O2)ccc1-3)C(C)C. The van der Waals surface area contributed by atoms with Gasteiger partial charge in [-0.15, -0.1) is 0 Å². The first kappa shape index (κ1) is 31.8. The van der Waals surface area contributed by atoms with Gasteiger partial charge in [0.25, 0.3) is 0 Å². The minimum Gasteiger partial charge on any atom is -0.488 e. The van der Waals surface area contributed by atoms with Crippen LogP contribution >= 0.6 is 0 Å². The number of aryl methyl sites for hydroxylation is 2. The van der Waals surface area contributed by atoms with Gasteiger partial charge in [0.05, 0.1) is 30.0 Å². The molecular weight excluding hydrogens is 595 g/mol. The third-order valence-corrected chi connectivity index (χ3v) is 10.9. The van der Waals surface area contributed by atoms with Crippen molar-refractivity contribution in [2.45, 2.75) is 110 Å². The number of carbonyl (C=O) groups is 2. The number of nitrogens with zero attached hydrogens (tertiary/aromatic N) is 2. The van der Waals surface area contributed by atoms with Crippen molar-refractivity contribution in [3.8, 4) is 28.1 Å². The summed E-state index contributed by atoms with van der Waals surface area (Å²) in [4.78, 5) is 36.6. The molecule has 3 aliphatic heterocycles. The molecule has 2 N–H and O–H groups in total. The van der Waals surface area contributed by atoms with Crippen molar-refractivity contribution < 1.29 is 28.4 Å². The van der Waals surface area contributed by atoms with Crippen LogP contribution in [0.4, 0.5) is 4.79 Å². The maximum atomic E-state index is 13.9. The molecule has 2 amide bonds. The van der Waals surface area contributed by atoms with E-state index in [0.717, 1.165) is 76.4 Å². The number of alkyl carbamates (subject to hydrolysis) is 1. The molecule has 1 aliphatic carbocycles. The number of hydrogen-bond donors (Lipinski definition) is 2. The molecule has 0 saturated carbocycles. The average Bonchev–Trinajstić information content (AvgIpc) is 3.70. The van der Waals surface area contributed by atoms with Gasteiger partial charge in [-0.05, 0) is 101 Å². The van der Waals surface area contributed by atoms with Crippen molar-refractivity contribution in [3.63, 3.8) is 0 Å². The van der Waals surface area contributed by atoms with E-state index in [0.29, 0.717) is 6.61 Å². The van der Waals surface area contributed by atoms with Crippen LogP contribution in [0.5, 0.6) is 5.75 Å². The Labute approximate surface area is 277 Å². The summed E-state index contributed by atoms with van der Waals surface area (Å²) in [6.45, 7) is 14.6. The zero-order valence-electron chi connectivity index (χ0n) is 28.7. The first-order valence-electron chi connectivity index (χ1n) is 16.8. The lowest BCUT2D eigenvalue weighted by Gasteiger charge is -2.32. The van der Waals surface area contributed by atoms with E-state index in [1.165, 1.54) is 12.7 Å². The molecule has 0 spiro atoms. The Kier molecular flexibility index (Phi) is 7.71. The van der Waals surface area contributed by atoms with Gasteiger partial charge in [0.2, 0.25) is 5.91 Å². The molecule has 3 atom stereocenters. The number of ether oxygens (including phenoxy) is 2. The van der Waals surface area contributed by atoms with Crippen LogP contribution < -0.4 is 15.5 Å². The van der Waals surface area contributed by atoms with Gasteiger partial charge in [0.1, 0.15) is 24.2 Å². The molecule has 4 heterocycles. The first-order chi connectivity index (χ1) is 22.3. The second-order valence-corrected chi connectivity index (χ2v) is 14.8. The number of H-pyrrole nitrogens is 1. The number of amides is 2. The van der Waals surface area contributed by atoms with Gasteiger partial charge < -0.3 is 34.0 Å². The van der Waals surface area contributed by atoms with Gasteiger partial charge in [-0.25, -0.2) is 9.78 Å². The van der Waals surface area contributed by atoms with E-state index >= 15 is 0 Å². The highest BCUT2D eigenvalue weighted by molar-refractivity contribution is 6.62. The summed E-state index contributed by atoms with van der Waals surface area (Å²) in [5, 5.41) is 2.75. The van der Waals surface area contributed by atoms with E-state index in [2.05, 4.69) is 75.3 Å². The molecule has 0 bridgehead atoms. The number of carbonyl (C=O) groups excluding carboxylic acids is 2. The molecule has 7 rings (SSSR count). The molecule has 2 fully saturated rings. The number of methoxy groups -OCH3 is 1. The number of fused-ring (bicyclic) bond motifs is 6. The largest absolute Gasteiger partial charge is 0.494 e. The van der Waals surface area contributed by atoms with Crippen LogP contribution in [-0.4, -0.2) is 64.4 Å². The Morgan fingerprint density at radius 2 is 1.77 bits per heavy atom. The molecular formula is C36H45BN4O6. The number of rotatable bonds is 5. The molecule has 10 nitrogen and oxygen atoms in total. The third kappa shape index (κ3) is 5.31. The van der Waals surface area contributed by atoms with E-state index in [4.69, 9.17) is 23.8 Å². The van der Waals surface area contributed by atoms with E-state index in [1.807, 2.05) is 18.7 Å². The molecule has 11 heteroatoms. The second kappa shape index (κ2) is 11.4. The van der Waals surface area contributed by atoms with Gasteiger partial charge in [-0.2, -0.15) is 0 Å². The van der Waals surface area contributed by atoms with Crippen LogP contribution in [0.3, 0.4) is 0 Å². The zero-order chi connectivity index (χ0) is 33.4. The second-order valence-electron chi connectivity index (χ2n) is 14.8. The van der Waals surface area contributed by atoms with Crippen molar-refractivity contribution in [1.29, 1.82) is 0 Å². The summed E-state index contributed by atoms with van der Waals surface area (Å²) in [5.41, 5.74) is 7.87. The summed E-state index contributed by atoms with van der Waals surface area (Å²) in [7, 11) is 0.890. The number of nitrogens with one attached hydrogen (secondary N) is 2. The maximum Gasteiger partial charge on any atom is 0.494 e. The fraction of sp³-hybridized carbons (Fsp3) is 0.528. The number of aromatic amines is 1. The van der Waals surface area contributed by atoms with E-state index in [9.17, 15) is 9.59 Å². The van der Waals surface area contributed by atoms with Crippen LogP contribution in [0.1, 0.15) is 90.0 Å². The van der Waals surface area contributed by atoms with Crippen molar-refractivity contribution in [2.75, 3.05) is 7.11 Å². The van der Waals surface area contributed by atoms with Gasteiger partial charge in [-0.1, -0.05) is 32.0 Å². The number of hydrogen-bond acceptors (Lipinski definition) is 7. The number of aromatic nitrogens is 2. The van der Waals surface area contributed by atoms with Crippen molar-refractivity contribution in [2.24, 2.45) is 5.92 Å². The standard InChI is InChI=1S/C36H45BN4O6/c1-19(2)30(40-34(43)44-8)33(42)41-20(3)9-14-28(41)32-38-27-13-10-21-16-26-24-12-11-23(37-46-35(4,5)36(6,7)47-37)15-22(24)18-45-29(26)17-25(21)31(27)39-32/h11-12,15-17,19-20,28,30H,9-10,13-14,18H2,1-8H3,(H,38,39)(H,40,43)/t20-,28-,30?/m0/s1. The Hall–Kier alpha value is -3.83. The average molecular weight is 641 g/mol. The highest BCUT2D eigenvalue weighted by atomic mass is 16.7. The van der Waals surface area contributed by atoms with Crippen molar-refractivity contribution in [1.82, 2.24) is 20.2 Å². The number of likely N-dealkylation sites (tertiary alicyclic amines) is 1. The lowest BCUT2D eigenvalue weighted by Crippen LogP contribution is -2.52. The molecule has 248 valence electrons. The minimum absolute atomic E-state index is 0.0217. The number of imidazole rings is 1. The quantitative estimate of drug-likeness (QED) is 0.356. The first-order valence-corrected chi connectivity index (χ1v) is 16.8. The molecule has 47 heavy (non-hydrogen) atoms. The number of benzene rings is 2. The van der Waals surface area contributed by atoms with Crippen LogP contribution in [-0.2, 0) is 38.3 Å². The Balaban J connectivity index is 1.17. The van der Waals surface area contributed by atoms with Crippen LogP contribution in [0, 0.1) is 5.92 Å². The maximum absolute atomic E-state index is 13.9. The van der Waals surface area contributed by atoms with Gasteiger partial charge >= 0.3 is 13.2 Å². The lowest BCUT2D eigenvalue weighted by atomic mass is 9.76. The van der Waals surface area contributed by atoms with E-state index in [-0.39, 0.29) is 23.9 Å². The predicted octanol–water partition coefficient (Wildman–Crippen LogP) is 5.47. The molecule has 3 aromatic rings. The molecule has 2 aromatic carbocycles. The molecule has 0 radical (unpaired) electrons. The van der Waals surface area contributed by atoms with Gasteiger partial charge in [-0.3, -0.25) is 4.79 Å². The highest BCUT2D eigenvalue weighted by Crippen LogP contribution is 2.45. The fourth-order valence-electron chi connectivity index (χ4n) is 7.39.